The molecule has 0 atom stereocenters. The molecule has 1 aliphatic rings. The SMILES string of the molecule is O=[N+]([O-])c1ccc(S(F)(F)(F)(F)C2=C(c3ccccc3)C2(F)F)nc1. The average Bonchev–Trinajstić information content (AvgIpc) is 3.12. The monoisotopic (exact) mass is 382 g/mol. The molecule has 0 aliphatic heterocycles. The fourth-order valence-electron chi connectivity index (χ4n) is 2.42. The molecular weight excluding hydrogens is 374 g/mol. The van der Waals surface area contributed by atoms with Gasteiger partial charge in [0.1, 0.15) is 11.1 Å². The Labute approximate surface area is 136 Å². The quantitative estimate of drug-likeness (QED) is 0.380. The highest BCUT2D eigenvalue weighted by molar-refractivity contribution is 8.53. The molecule has 0 spiro atoms. The first kappa shape index (κ1) is 17.3. The van der Waals surface area contributed by atoms with Crippen molar-refractivity contribution in [3.05, 3.63) is 69.2 Å². The molecule has 25 heavy (non-hydrogen) atoms. The molecule has 0 bridgehead atoms. The summed E-state index contributed by atoms with van der Waals surface area (Å²) < 4.78 is 85.7. The van der Waals surface area contributed by atoms with Gasteiger partial charge in [-0.1, -0.05) is 30.3 Å². The number of allylic oxidation sites excluding steroid dienone is 2. The molecule has 0 saturated carbocycles. The van der Waals surface area contributed by atoms with E-state index in [-0.39, 0.29) is 12.3 Å². The Balaban J connectivity index is 2.21. The zero-order valence-corrected chi connectivity index (χ0v) is 12.8. The summed E-state index contributed by atoms with van der Waals surface area (Å²) in [6.45, 7) is 0. The van der Waals surface area contributed by atoms with Crippen LogP contribution in [0.25, 0.3) is 5.57 Å². The second kappa shape index (κ2) is 4.34. The fraction of sp³-hybridized carbons (Fsp3) is 0.0714. The molecule has 0 fully saturated rings. The molecule has 1 aromatic heterocycles. The lowest BCUT2D eigenvalue weighted by Gasteiger charge is -2.46. The van der Waals surface area contributed by atoms with E-state index in [0.717, 1.165) is 12.1 Å². The lowest BCUT2D eigenvalue weighted by Crippen LogP contribution is -2.18. The zero-order chi connectivity index (χ0) is 18.7. The van der Waals surface area contributed by atoms with E-state index in [9.17, 15) is 34.4 Å². The minimum Gasteiger partial charge on any atom is -0.258 e. The molecule has 0 amide bonds. The summed E-state index contributed by atoms with van der Waals surface area (Å²) in [5, 5.41) is 8.28. The van der Waals surface area contributed by atoms with E-state index < -0.39 is 47.4 Å². The van der Waals surface area contributed by atoms with Crippen molar-refractivity contribution in [3.8, 4) is 0 Å². The Hall–Kier alpha value is -2.56. The third-order valence-corrected chi connectivity index (χ3v) is 5.95. The van der Waals surface area contributed by atoms with Crippen molar-refractivity contribution in [1.29, 1.82) is 0 Å². The summed E-state index contributed by atoms with van der Waals surface area (Å²) in [5.41, 5.74) is -2.73. The van der Waals surface area contributed by atoms with Gasteiger partial charge in [0.05, 0.1) is 10.5 Å². The molecule has 1 heterocycles. The predicted molar refractivity (Wildman–Crippen MR) is 79.5 cm³/mol. The van der Waals surface area contributed by atoms with Crippen LogP contribution in [0.1, 0.15) is 5.56 Å². The minimum atomic E-state index is -9.63. The number of alkyl halides is 2. The Morgan fingerprint density at radius 3 is 2.08 bits per heavy atom. The lowest BCUT2D eigenvalue weighted by molar-refractivity contribution is -0.385. The molecule has 11 heteroatoms. The van der Waals surface area contributed by atoms with E-state index in [1.807, 2.05) is 0 Å². The first-order valence-electron chi connectivity index (χ1n) is 6.58. The number of rotatable bonds is 4. The maximum absolute atomic E-state index is 14.5. The average molecular weight is 382 g/mol. The first-order chi connectivity index (χ1) is 11.3. The number of aromatic nitrogens is 1. The van der Waals surface area contributed by atoms with Crippen LogP contribution in [0.4, 0.5) is 30.0 Å². The van der Waals surface area contributed by atoms with Crippen LogP contribution in [0.15, 0.2) is 58.6 Å². The molecule has 1 aliphatic carbocycles. The number of halogens is 6. The number of hydrogen-bond acceptors (Lipinski definition) is 3. The summed E-state index contributed by atoms with van der Waals surface area (Å²) >= 11 is 0. The molecule has 0 unspecified atom stereocenters. The highest BCUT2D eigenvalue weighted by atomic mass is 32.5. The van der Waals surface area contributed by atoms with Crippen LogP contribution in [0.3, 0.4) is 0 Å². The molecule has 3 rings (SSSR count). The van der Waals surface area contributed by atoms with Crippen LogP contribution in [0.5, 0.6) is 0 Å². The largest absolute Gasteiger partial charge is 0.312 e. The van der Waals surface area contributed by atoms with Crippen LogP contribution in [-0.4, -0.2) is 15.8 Å². The van der Waals surface area contributed by atoms with Crippen molar-refractivity contribution in [2.75, 3.05) is 0 Å². The van der Waals surface area contributed by atoms with Gasteiger partial charge in [-0.15, -0.1) is 15.5 Å². The molecule has 2 aromatic rings. The van der Waals surface area contributed by atoms with E-state index in [1.165, 1.54) is 18.2 Å². The van der Waals surface area contributed by atoms with Crippen LogP contribution in [0, 0.1) is 10.1 Å². The molecule has 1 aromatic carbocycles. The van der Waals surface area contributed by atoms with Crippen molar-refractivity contribution in [3.63, 3.8) is 0 Å². The van der Waals surface area contributed by atoms with Crippen molar-refractivity contribution >= 4 is 21.1 Å². The number of pyridine rings is 1. The Kier molecular flexibility index (Phi) is 3.00. The van der Waals surface area contributed by atoms with Gasteiger partial charge in [-0.2, -0.15) is 8.78 Å². The molecule has 0 radical (unpaired) electrons. The Morgan fingerprint density at radius 2 is 1.60 bits per heavy atom. The van der Waals surface area contributed by atoms with Crippen LogP contribution >= 0.6 is 9.84 Å². The third-order valence-electron chi connectivity index (χ3n) is 3.59. The summed E-state index contributed by atoms with van der Waals surface area (Å²) in [6, 6.07) is 6.28. The third kappa shape index (κ3) is 2.46. The van der Waals surface area contributed by atoms with E-state index in [4.69, 9.17) is 0 Å². The first-order valence-corrected chi connectivity index (χ1v) is 8.63. The van der Waals surface area contributed by atoms with Crippen LogP contribution < -0.4 is 0 Å². The maximum atomic E-state index is 14.5. The Morgan fingerprint density at radius 1 is 1.00 bits per heavy atom. The van der Waals surface area contributed by atoms with Crippen LogP contribution in [-0.2, 0) is 0 Å². The van der Waals surface area contributed by atoms with Crippen molar-refractivity contribution < 1.29 is 29.2 Å². The standard InChI is InChI=1S/C14H8F6N2O2S/c15-14(16)12(9-4-2-1-3-5-9)13(14)25(17,18,19,20)11-7-6-10(8-21-11)22(23)24/h1-8H. The summed E-state index contributed by atoms with van der Waals surface area (Å²) in [6.07, 6.45) is 0.178. The lowest BCUT2D eigenvalue weighted by atomic mass is 10.2. The second-order valence-electron chi connectivity index (χ2n) is 5.33. The van der Waals surface area contributed by atoms with Gasteiger partial charge in [-0.05, 0) is 11.6 Å². The van der Waals surface area contributed by atoms with E-state index in [2.05, 4.69) is 4.98 Å². The molecule has 4 nitrogen and oxygen atoms in total. The van der Waals surface area contributed by atoms with Gasteiger partial charge >= 0.3 is 5.92 Å². The van der Waals surface area contributed by atoms with Gasteiger partial charge in [0.15, 0.2) is 5.03 Å². The van der Waals surface area contributed by atoms with E-state index in [1.54, 1.807) is 0 Å². The van der Waals surface area contributed by atoms with Gasteiger partial charge in [-0.3, -0.25) is 10.1 Å². The summed E-state index contributed by atoms with van der Waals surface area (Å²) in [7, 11) is -9.63. The molecule has 134 valence electrons. The van der Waals surface area contributed by atoms with E-state index >= 15 is 0 Å². The number of nitro groups is 1. The predicted octanol–water partition coefficient (Wildman–Crippen LogP) is 5.82. The van der Waals surface area contributed by atoms with Gasteiger partial charge in [0.25, 0.3) is 5.69 Å². The van der Waals surface area contributed by atoms with E-state index in [0.29, 0.717) is 6.07 Å². The fourth-order valence-corrected chi connectivity index (χ4v) is 4.46. The smallest absolute Gasteiger partial charge is 0.258 e. The van der Waals surface area contributed by atoms with Crippen LogP contribution in [0.2, 0.25) is 0 Å². The van der Waals surface area contributed by atoms with Crippen molar-refractivity contribution in [2.24, 2.45) is 0 Å². The number of hydrogen-bond donors (Lipinski definition) is 0. The van der Waals surface area contributed by atoms with Crippen molar-refractivity contribution in [2.45, 2.75) is 10.9 Å². The van der Waals surface area contributed by atoms with Gasteiger partial charge in [0, 0.05) is 6.07 Å². The highest BCUT2D eigenvalue weighted by Gasteiger charge is 2.84. The molecule has 0 N–H and O–H groups in total. The topological polar surface area (TPSA) is 56.0 Å². The van der Waals surface area contributed by atoms with Gasteiger partial charge < -0.3 is 0 Å². The number of benzene rings is 1. The van der Waals surface area contributed by atoms with Gasteiger partial charge in [-0.25, -0.2) is 4.98 Å². The summed E-state index contributed by atoms with van der Waals surface area (Å²) in [5.74, 6) is -4.50. The number of nitrogens with zero attached hydrogens (tertiary/aromatic N) is 2. The maximum Gasteiger partial charge on any atom is 0.312 e. The highest BCUT2D eigenvalue weighted by Crippen LogP contribution is 3.09. The van der Waals surface area contributed by atoms with Crippen molar-refractivity contribution in [1.82, 2.24) is 4.98 Å². The molecular formula is C14H8F6N2O2S. The summed E-state index contributed by atoms with van der Waals surface area (Å²) in [4.78, 5) is 9.59. The second-order valence-corrected chi connectivity index (χ2v) is 8.29. The minimum absolute atomic E-state index is 0.00367. The Bertz CT molecular complexity index is 922. The normalized spacial score (nSPS) is 19.1. The molecule has 0 saturated heterocycles. The van der Waals surface area contributed by atoms with Gasteiger partial charge in [0.2, 0.25) is 9.84 Å². The zero-order valence-electron chi connectivity index (χ0n) is 12.0.